The average Bonchev–Trinajstić information content (AvgIpc) is 3.21. The van der Waals surface area contributed by atoms with Crippen molar-refractivity contribution in [3.63, 3.8) is 0 Å². The molecule has 136 valence electrons. The van der Waals surface area contributed by atoms with Gasteiger partial charge < -0.3 is 15.0 Å². The molecule has 0 atom stereocenters. The minimum atomic E-state index is -0.491. The lowest BCUT2D eigenvalue weighted by Gasteiger charge is -2.17. The first-order valence-corrected chi connectivity index (χ1v) is 9.85. The number of carbonyl (C=O) groups excluding carboxylic acids is 2. The maximum Gasteiger partial charge on any atom is 0.339 e. The summed E-state index contributed by atoms with van der Waals surface area (Å²) < 4.78 is 5.14. The van der Waals surface area contributed by atoms with Crippen LogP contribution in [0.1, 0.15) is 23.2 Å². The predicted octanol–water partition coefficient (Wildman–Crippen LogP) is 3.80. The van der Waals surface area contributed by atoms with E-state index in [1.54, 1.807) is 12.1 Å². The van der Waals surface area contributed by atoms with Crippen LogP contribution in [0.4, 0.5) is 11.4 Å². The van der Waals surface area contributed by atoms with E-state index in [0.29, 0.717) is 11.3 Å². The summed E-state index contributed by atoms with van der Waals surface area (Å²) in [5, 5.41) is 2.76. The molecular formula is C20H22N2O3S. The van der Waals surface area contributed by atoms with E-state index in [2.05, 4.69) is 10.2 Å². The lowest BCUT2D eigenvalue weighted by molar-refractivity contribution is -0.119. The fourth-order valence-corrected chi connectivity index (χ4v) is 3.54. The van der Waals surface area contributed by atoms with Gasteiger partial charge in [-0.1, -0.05) is 12.1 Å². The largest absolute Gasteiger partial charge is 0.452 e. The molecule has 0 aromatic heterocycles. The zero-order valence-electron chi connectivity index (χ0n) is 14.7. The number of ether oxygens (including phenoxy) is 1. The number of anilines is 2. The standard InChI is InChI=1S/C20H22N2O3S/c1-26-18-7-3-2-6-17(18)20(24)25-14-19(23)21-15-8-10-16(11-9-15)22-12-4-5-13-22/h2-3,6-11H,4-5,12-14H2,1H3,(H,21,23). The van der Waals surface area contributed by atoms with E-state index in [1.165, 1.54) is 30.3 Å². The smallest absolute Gasteiger partial charge is 0.339 e. The highest BCUT2D eigenvalue weighted by molar-refractivity contribution is 7.98. The summed E-state index contributed by atoms with van der Waals surface area (Å²) in [4.78, 5) is 27.4. The van der Waals surface area contributed by atoms with Crippen LogP contribution < -0.4 is 10.2 Å². The van der Waals surface area contributed by atoms with Crippen molar-refractivity contribution < 1.29 is 14.3 Å². The molecule has 0 radical (unpaired) electrons. The molecule has 0 aliphatic carbocycles. The molecule has 6 heteroatoms. The first-order valence-electron chi connectivity index (χ1n) is 8.62. The normalized spacial score (nSPS) is 13.5. The molecule has 0 unspecified atom stereocenters. The van der Waals surface area contributed by atoms with Crippen molar-refractivity contribution in [2.75, 3.05) is 36.2 Å². The van der Waals surface area contributed by atoms with Gasteiger partial charge >= 0.3 is 5.97 Å². The van der Waals surface area contributed by atoms with Gasteiger partial charge in [-0.3, -0.25) is 4.79 Å². The Labute approximate surface area is 157 Å². The number of carbonyl (C=O) groups is 2. The third kappa shape index (κ3) is 4.58. The minimum absolute atomic E-state index is 0.310. The van der Waals surface area contributed by atoms with Crippen molar-refractivity contribution in [2.45, 2.75) is 17.7 Å². The number of nitrogens with one attached hydrogen (secondary N) is 1. The molecule has 2 aromatic rings. The molecule has 5 nitrogen and oxygen atoms in total. The summed E-state index contributed by atoms with van der Waals surface area (Å²) >= 11 is 1.47. The van der Waals surface area contributed by atoms with Crippen LogP contribution in [0.25, 0.3) is 0 Å². The highest BCUT2D eigenvalue weighted by Gasteiger charge is 2.15. The van der Waals surface area contributed by atoms with Crippen LogP contribution in [0, 0.1) is 0 Å². The summed E-state index contributed by atoms with van der Waals surface area (Å²) in [7, 11) is 0. The quantitative estimate of drug-likeness (QED) is 0.619. The molecule has 0 saturated carbocycles. The van der Waals surface area contributed by atoms with Crippen LogP contribution in [0.15, 0.2) is 53.4 Å². The van der Waals surface area contributed by atoms with Crippen LogP contribution in [-0.2, 0) is 9.53 Å². The number of nitrogens with zero attached hydrogens (tertiary/aromatic N) is 1. The van der Waals surface area contributed by atoms with Gasteiger partial charge in [-0.25, -0.2) is 4.79 Å². The van der Waals surface area contributed by atoms with Gasteiger partial charge in [0.05, 0.1) is 5.56 Å². The lowest BCUT2D eigenvalue weighted by Crippen LogP contribution is -2.21. The lowest BCUT2D eigenvalue weighted by atomic mass is 10.2. The average molecular weight is 370 g/mol. The Balaban J connectivity index is 1.51. The molecule has 1 heterocycles. The molecule has 0 spiro atoms. The summed E-state index contributed by atoms with van der Waals surface area (Å²) in [5.41, 5.74) is 2.34. The van der Waals surface area contributed by atoms with Crippen molar-refractivity contribution in [1.82, 2.24) is 0 Å². The maximum atomic E-state index is 12.2. The fourth-order valence-electron chi connectivity index (χ4n) is 2.95. The Kier molecular flexibility index (Phi) is 6.17. The molecule has 1 aliphatic heterocycles. The zero-order chi connectivity index (χ0) is 18.4. The minimum Gasteiger partial charge on any atom is -0.452 e. The number of esters is 1. The number of thioether (sulfide) groups is 1. The topological polar surface area (TPSA) is 58.6 Å². The van der Waals surface area contributed by atoms with Gasteiger partial charge in [0.1, 0.15) is 0 Å². The number of amides is 1. The Morgan fingerprint density at radius 1 is 1.08 bits per heavy atom. The van der Waals surface area contributed by atoms with Gasteiger partial charge in [-0.05, 0) is 55.5 Å². The molecule has 1 amide bonds. The number of rotatable bonds is 6. The Bertz CT molecular complexity index is 771. The molecule has 3 rings (SSSR count). The summed E-state index contributed by atoms with van der Waals surface area (Å²) in [5.74, 6) is -0.844. The number of benzene rings is 2. The van der Waals surface area contributed by atoms with E-state index < -0.39 is 5.97 Å². The van der Waals surface area contributed by atoms with Crippen LogP contribution >= 0.6 is 11.8 Å². The van der Waals surface area contributed by atoms with E-state index in [4.69, 9.17) is 4.74 Å². The monoisotopic (exact) mass is 370 g/mol. The highest BCUT2D eigenvalue weighted by Crippen LogP contribution is 2.22. The van der Waals surface area contributed by atoms with Crippen LogP contribution in [0.3, 0.4) is 0 Å². The molecule has 1 N–H and O–H groups in total. The molecule has 2 aromatic carbocycles. The van der Waals surface area contributed by atoms with Crippen molar-refractivity contribution in [3.8, 4) is 0 Å². The number of hydrogen-bond acceptors (Lipinski definition) is 5. The zero-order valence-corrected chi connectivity index (χ0v) is 15.6. The van der Waals surface area contributed by atoms with Crippen LogP contribution in [-0.4, -0.2) is 37.8 Å². The second kappa shape index (κ2) is 8.76. The van der Waals surface area contributed by atoms with E-state index >= 15 is 0 Å². The second-order valence-corrected chi connectivity index (χ2v) is 6.91. The van der Waals surface area contributed by atoms with Gasteiger partial charge in [0.15, 0.2) is 6.61 Å². The van der Waals surface area contributed by atoms with Gasteiger partial charge in [-0.2, -0.15) is 0 Å². The summed E-state index contributed by atoms with van der Waals surface area (Å²) in [6, 6.07) is 14.9. The molecule has 1 saturated heterocycles. The Hall–Kier alpha value is -2.47. The fraction of sp³-hybridized carbons (Fsp3) is 0.300. The van der Waals surface area contributed by atoms with E-state index in [9.17, 15) is 9.59 Å². The third-order valence-corrected chi connectivity index (χ3v) is 5.08. The molecule has 26 heavy (non-hydrogen) atoms. The van der Waals surface area contributed by atoms with Gasteiger partial charge in [-0.15, -0.1) is 11.8 Å². The molecule has 1 fully saturated rings. The first-order chi connectivity index (χ1) is 12.7. The van der Waals surface area contributed by atoms with Gasteiger partial charge in [0, 0.05) is 29.4 Å². The second-order valence-electron chi connectivity index (χ2n) is 6.07. The predicted molar refractivity (Wildman–Crippen MR) is 105 cm³/mol. The van der Waals surface area contributed by atoms with E-state index in [1.807, 2.05) is 42.7 Å². The van der Waals surface area contributed by atoms with Crippen molar-refractivity contribution in [2.24, 2.45) is 0 Å². The highest BCUT2D eigenvalue weighted by atomic mass is 32.2. The Morgan fingerprint density at radius 2 is 1.77 bits per heavy atom. The van der Waals surface area contributed by atoms with Crippen LogP contribution in [0.2, 0.25) is 0 Å². The third-order valence-electron chi connectivity index (χ3n) is 4.28. The van der Waals surface area contributed by atoms with E-state index in [-0.39, 0.29) is 12.5 Å². The van der Waals surface area contributed by atoms with Gasteiger partial charge in [0.25, 0.3) is 5.91 Å². The SMILES string of the molecule is CSc1ccccc1C(=O)OCC(=O)Nc1ccc(N2CCCC2)cc1. The Morgan fingerprint density at radius 3 is 2.46 bits per heavy atom. The van der Waals surface area contributed by atoms with Gasteiger partial charge in [0.2, 0.25) is 0 Å². The first kappa shape index (κ1) is 18.3. The molecule has 1 aliphatic rings. The summed E-state index contributed by atoms with van der Waals surface area (Å²) in [6.07, 6.45) is 4.34. The molecule has 0 bridgehead atoms. The van der Waals surface area contributed by atoms with Crippen molar-refractivity contribution in [1.29, 1.82) is 0 Å². The maximum absolute atomic E-state index is 12.2. The number of hydrogen-bond donors (Lipinski definition) is 1. The molecular weight excluding hydrogens is 348 g/mol. The van der Waals surface area contributed by atoms with E-state index in [0.717, 1.165) is 18.0 Å². The van der Waals surface area contributed by atoms with Crippen molar-refractivity contribution >= 4 is 35.0 Å². The van der Waals surface area contributed by atoms with Crippen LogP contribution in [0.5, 0.6) is 0 Å². The summed E-state index contributed by atoms with van der Waals surface area (Å²) in [6.45, 7) is 1.85. The van der Waals surface area contributed by atoms with Crippen molar-refractivity contribution in [3.05, 3.63) is 54.1 Å².